The first-order valence-electron chi connectivity index (χ1n) is 6.08. The van der Waals surface area contributed by atoms with Gasteiger partial charge in [0.25, 0.3) is 0 Å². The fourth-order valence-corrected chi connectivity index (χ4v) is 2.17. The maximum absolute atomic E-state index is 12.1. The minimum absolute atomic E-state index is 0.0292. The summed E-state index contributed by atoms with van der Waals surface area (Å²) in [5, 5.41) is 2.89. The highest BCUT2D eigenvalue weighted by atomic mass is 79.9. The van der Waals surface area contributed by atoms with Gasteiger partial charge in [0, 0.05) is 6.54 Å². The van der Waals surface area contributed by atoms with Gasteiger partial charge in [-0.05, 0) is 47.3 Å². The van der Waals surface area contributed by atoms with E-state index in [4.69, 9.17) is 5.73 Å². The van der Waals surface area contributed by atoms with Crippen LogP contribution in [0, 0.1) is 18.8 Å². The van der Waals surface area contributed by atoms with Crippen molar-refractivity contribution >= 4 is 27.5 Å². The lowest BCUT2D eigenvalue weighted by Crippen LogP contribution is -2.30. The van der Waals surface area contributed by atoms with Crippen molar-refractivity contribution in [3.8, 4) is 0 Å². The maximum Gasteiger partial charge on any atom is 0.228 e. The molecule has 0 fully saturated rings. The number of carbonyl (C=O) groups is 1. The normalized spacial score (nSPS) is 12.6. The molecule has 0 aliphatic carbocycles. The Labute approximate surface area is 116 Å². The molecule has 1 aromatic rings. The van der Waals surface area contributed by atoms with E-state index in [2.05, 4.69) is 40.1 Å². The number of nitrogens with one attached hydrogen (secondary N) is 1. The van der Waals surface area contributed by atoms with Crippen molar-refractivity contribution < 1.29 is 4.79 Å². The van der Waals surface area contributed by atoms with Gasteiger partial charge in [0.1, 0.15) is 4.60 Å². The Morgan fingerprint density at radius 2 is 2.17 bits per heavy atom. The molecule has 0 spiro atoms. The van der Waals surface area contributed by atoms with Crippen LogP contribution in [0.25, 0.3) is 0 Å². The maximum atomic E-state index is 12.1. The lowest BCUT2D eigenvalue weighted by Gasteiger charge is -2.17. The van der Waals surface area contributed by atoms with E-state index in [1.807, 2.05) is 19.1 Å². The third-order valence-electron chi connectivity index (χ3n) is 2.72. The average Bonchev–Trinajstić information content (AvgIpc) is 2.29. The zero-order chi connectivity index (χ0) is 13.7. The fraction of sp³-hybridized carbons (Fsp3) is 0.538. The molecule has 1 amide bonds. The lowest BCUT2D eigenvalue weighted by atomic mass is 9.96. The van der Waals surface area contributed by atoms with E-state index in [0.717, 1.165) is 22.4 Å². The molecule has 3 N–H and O–H groups in total. The monoisotopic (exact) mass is 313 g/mol. The SMILES string of the molecule is Cc1nc(Br)ccc1NC(=O)C(CN)CC(C)C. The fourth-order valence-electron chi connectivity index (χ4n) is 1.78. The van der Waals surface area contributed by atoms with E-state index in [9.17, 15) is 4.79 Å². The van der Waals surface area contributed by atoms with Gasteiger partial charge in [-0.1, -0.05) is 13.8 Å². The molecule has 5 heteroatoms. The van der Waals surface area contributed by atoms with E-state index >= 15 is 0 Å². The second kappa shape index (κ2) is 6.85. The van der Waals surface area contributed by atoms with Gasteiger partial charge < -0.3 is 11.1 Å². The van der Waals surface area contributed by atoms with Gasteiger partial charge in [0.2, 0.25) is 5.91 Å². The van der Waals surface area contributed by atoms with Crippen LogP contribution in [0.5, 0.6) is 0 Å². The first kappa shape index (κ1) is 15.1. The number of halogens is 1. The number of aryl methyl sites for hydroxylation is 1. The van der Waals surface area contributed by atoms with E-state index < -0.39 is 0 Å². The summed E-state index contributed by atoms with van der Waals surface area (Å²) < 4.78 is 0.760. The predicted octanol–water partition coefficient (Wildman–Crippen LogP) is 2.71. The molecule has 4 nitrogen and oxygen atoms in total. The molecule has 0 aliphatic heterocycles. The number of anilines is 1. The molecule has 0 saturated heterocycles. The first-order valence-corrected chi connectivity index (χ1v) is 6.87. The number of hydrogen-bond donors (Lipinski definition) is 2. The molecule has 18 heavy (non-hydrogen) atoms. The summed E-state index contributed by atoms with van der Waals surface area (Å²) in [4.78, 5) is 16.3. The summed E-state index contributed by atoms with van der Waals surface area (Å²) >= 11 is 3.29. The number of hydrogen-bond acceptors (Lipinski definition) is 3. The van der Waals surface area contributed by atoms with Gasteiger partial charge in [0.15, 0.2) is 0 Å². The Hall–Kier alpha value is -0.940. The highest BCUT2D eigenvalue weighted by molar-refractivity contribution is 9.10. The zero-order valence-corrected chi connectivity index (χ0v) is 12.6. The third-order valence-corrected chi connectivity index (χ3v) is 3.16. The first-order chi connectivity index (χ1) is 8.43. The minimum atomic E-state index is -0.145. The number of pyridine rings is 1. The van der Waals surface area contributed by atoms with Crippen LogP contribution in [0.15, 0.2) is 16.7 Å². The highest BCUT2D eigenvalue weighted by Gasteiger charge is 2.18. The van der Waals surface area contributed by atoms with Crippen molar-refractivity contribution in [2.75, 3.05) is 11.9 Å². The summed E-state index contributed by atoms with van der Waals surface area (Å²) in [5.41, 5.74) is 7.18. The molecule has 0 saturated carbocycles. The van der Waals surface area contributed by atoms with E-state index in [-0.39, 0.29) is 11.8 Å². The van der Waals surface area contributed by atoms with E-state index in [1.165, 1.54) is 0 Å². The van der Waals surface area contributed by atoms with Crippen LogP contribution in [0.1, 0.15) is 26.0 Å². The van der Waals surface area contributed by atoms with E-state index in [0.29, 0.717) is 12.5 Å². The second-order valence-electron chi connectivity index (χ2n) is 4.82. The summed E-state index contributed by atoms with van der Waals surface area (Å²) in [7, 11) is 0. The van der Waals surface area contributed by atoms with Crippen LogP contribution in [-0.2, 0) is 4.79 Å². The molecule has 0 aromatic carbocycles. The van der Waals surface area contributed by atoms with Gasteiger partial charge in [-0.15, -0.1) is 0 Å². The van der Waals surface area contributed by atoms with Crippen molar-refractivity contribution in [2.45, 2.75) is 27.2 Å². The van der Waals surface area contributed by atoms with Crippen molar-refractivity contribution in [3.05, 3.63) is 22.4 Å². The molecule has 1 atom stereocenters. The average molecular weight is 314 g/mol. The topological polar surface area (TPSA) is 68.0 Å². The Morgan fingerprint density at radius 1 is 1.50 bits per heavy atom. The number of rotatable bonds is 5. The molecule has 0 radical (unpaired) electrons. The molecular weight excluding hydrogens is 294 g/mol. The van der Waals surface area contributed by atoms with Crippen molar-refractivity contribution in [1.82, 2.24) is 4.98 Å². The molecule has 1 heterocycles. The van der Waals surface area contributed by atoms with Crippen LogP contribution in [-0.4, -0.2) is 17.4 Å². The number of nitrogens with two attached hydrogens (primary N) is 1. The van der Waals surface area contributed by atoms with Gasteiger partial charge in [-0.2, -0.15) is 0 Å². The Morgan fingerprint density at radius 3 is 2.67 bits per heavy atom. The number of nitrogens with zero attached hydrogens (tertiary/aromatic N) is 1. The van der Waals surface area contributed by atoms with Crippen molar-refractivity contribution in [2.24, 2.45) is 17.6 Å². The third kappa shape index (κ3) is 4.38. The Kier molecular flexibility index (Phi) is 5.75. The molecule has 0 bridgehead atoms. The lowest BCUT2D eigenvalue weighted by molar-refractivity contribution is -0.120. The summed E-state index contributed by atoms with van der Waals surface area (Å²) in [5.74, 6) is 0.278. The largest absolute Gasteiger partial charge is 0.330 e. The number of carbonyl (C=O) groups excluding carboxylic acids is 1. The predicted molar refractivity (Wildman–Crippen MR) is 77.3 cm³/mol. The molecular formula is C13H20BrN3O. The van der Waals surface area contributed by atoms with Crippen LogP contribution < -0.4 is 11.1 Å². The summed E-state index contributed by atoms with van der Waals surface area (Å²) in [6, 6.07) is 3.65. The van der Waals surface area contributed by atoms with Gasteiger partial charge in [-0.25, -0.2) is 4.98 Å². The Bertz CT molecular complexity index is 421. The molecule has 1 aromatic heterocycles. The smallest absolute Gasteiger partial charge is 0.228 e. The van der Waals surface area contributed by atoms with Crippen molar-refractivity contribution in [1.29, 1.82) is 0 Å². The summed E-state index contributed by atoms with van der Waals surface area (Å²) in [6.07, 6.45) is 0.797. The molecule has 1 rings (SSSR count). The number of amides is 1. The van der Waals surface area contributed by atoms with Crippen LogP contribution >= 0.6 is 15.9 Å². The van der Waals surface area contributed by atoms with Gasteiger partial charge >= 0.3 is 0 Å². The Balaban J connectivity index is 2.73. The van der Waals surface area contributed by atoms with Gasteiger partial charge in [0.05, 0.1) is 17.3 Å². The van der Waals surface area contributed by atoms with E-state index in [1.54, 1.807) is 0 Å². The second-order valence-corrected chi connectivity index (χ2v) is 5.63. The van der Waals surface area contributed by atoms with Crippen LogP contribution in [0.3, 0.4) is 0 Å². The minimum Gasteiger partial charge on any atom is -0.330 e. The van der Waals surface area contributed by atoms with Crippen molar-refractivity contribution in [3.63, 3.8) is 0 Å². The molecule has 100 valence electrons. The van der Waals surface area contributed by atoms with Crippen LogP contribution in [0.4, 0.5) is 5.69 Å². The standard InChI is InChI=1S/C13H20BrN3O/c1-8(2)6-10(7-15)13(18)17-11-4-5-12(14)16-9(11)3/h4-5,8,10H,6-7,15H2,1-3H3,(H,17,18). The van der Waals surface area contributed by atoms with Gasteiger partial charge in [-0.3, -0.25) is 4.79 Å². The quantitative estimate of drug-likeness (QED) is 0.821. The molecule has 0 aliphatic rings. The van der Waals surface area contributed by atoms with Crippen LogP contribution in [0.2, 0.25) is 0 Å². The zero-order valence-electron chi connectivity index (χ0n) is 11.0. The highest BCUT2D eigenvalue weighted by Crippen LogP contribution is 2.18. The number of aromatic nitrogens is 1. The summed E-state index contributed by atoms with van der Waals surface area (Å²) in [6.45, 7) is 6.40. The molecule has 1 unspecified atom stereocenters.